The molecule has 0 spiro atoms. The second kappa shape index (κ2) is 11.1. The fourth-order valence-electron chi connectivity index (χ4n) is 3.22. The van der Waals surface area contributed by atoms with Crippen molar-refractivity contribution in [3.63, 3.8) is 0 Å². The van der Waals surface area contributed by atoms with E-state index in [1.54, 1.807) is 12.7 Å². The lowest BCUT2D eigenvalue weighted by atomic mass is 10.0. The first-order valence-electron chi connectivity index (χ1n) is 9.77. The van der Waals surface area contributed by atoms with Gasteiger partial charge in [0.2, 0.25) is 0 Å². The fourth-order valence-corrected chi connectivity index (χ4v) is 3.22. The van der Waals surface area contributed by atoms with Gasteiger partial charge >= 0.3 is 0 Å². The Morgan fingerprint density at radius 1 is 1.20 bits per heavy atom. The standard InChI is InChI=1S/C18H35N7/c1-4-19-18(20-9-5-6-10-25-14-21-22-15-25)23-17-7-11-24(12-8-17)13-16(2)3/h14-17H,4-13H2,1-3H3,(H2,19,20,23). The molecule has 0 aromatic carbocycles. The summed E-state index contributed by atoms with van der Waals surface area (Å²) in [6.45, 7) is 13.0. The summed E-state index contributed by atoms with van der Waals surface area (Å²) in [5.41, 5.74) is 0. The molecule has 0 amide bonds. The van der Waals surface area contributed by atoms with Crippen LogP contribution in [0.4, 0.5) is 0 Å². The number of hydrogen-bond acceptors (Lipinski definition) is 4. The Hall–Kier alpha value is -1.63. The first-order chi connectivity index (χ1) is 12.2. The molecule has 142 valence electrons. The smallest absolute Gasteiger partial charge is 0.191 e. The van der Waals surface area contributed by atoms with Gasteiger partial charge in [-0.25, -0.2) is 0 Å². The second-order valence-corrected chi connectivity index (χ2v) is 7.28. The summed E-state index contributed by atoms with van der Waals surface area (Å²) in [6, 6.07) is 0.540. The molecular formula is C18H35N7. The molecule has 0 radical (unpaired) electrons. The SMILES string of the molecule is CCNC(=NCCCCn1cnnc1)NC1CCN(CC(C)C)CC1. The number of likely N-dealkylation sites (tertiary alicyclic amines) is 1. The number of unbranched alkanes of at least 4 members (excludes halogenated alkanes) is 1. The Kier molecular flexibility index (Phi) is 8.72. The molecule has 0 saturated carbocycles. The highest BCUT2D eigenvalue weighted by Crippen LogP contribution is 2.12. The number of nitrogens with zero attached hydrogens (tertiary/aromatic N) is 5. The maximum Gasteiger partial charge on any atom is 0.191 e. The summed E-state index contributed by atoms with van der Waals surface area (Å²) in [4.78, 5) is 7.32. The van der Waals surface area contributed by atoms with E-state index in [4.69, 9.17) is 4.99 Å². The largest absolute Gasteiger partial charge is 0.357 e. The third-order valence-corrected chi connectivity index (χ3v) is 4.46. The molecule has 25 heavy (non-hydrogen) atoms. The normalized spacial score (nSPS) is 17.2. The summed E-state index contributed by atoms with van der Waals surface area (Å²) in [7, 11) is 0. The van der Waals surface area contributed by atoms with Crippen LogP contribution in [0.3, 0.4) is 0 Å². The number of aromatic nitrogens is 3. The zero-order chi connectivity index (χ0) is 17.9. The first-order valence-corrected chi connectivity index (χ1v) is 9.77. The molecule has 2 N–H and O–H groups in total. The van der Waals surface area contributed by atoms with Crippen LogP contribution in [0, 0.1) is 5.92 Å². The van der Waals surface area contributed by atoms with Crippen LogP contribution in [-0.4, -0.2) is 64.4 Å². The van der Waals surface area contributed by atoms with Crippen molar-refractivity contribution in [2.45, 2.75) is 59.0 Å². The molecule has 0 bridgehead atoms. The van der Waals surface area contributed by atoms with Gasteiger partial charge < -0.3 is 20.1 Å². The zero-order valence-corrected chi connectivity index (χ0v) is 16.1. The van der Waals surface area contributed by atoms with Gasteiger partial charge in [-0.15, -0.1) is 10.2 Å². The number of nitrogens with one attached hydrogen (secondary N) is 2. The monoisotopic (exact) mass is 349 g/mol. The third kappa shape index (κ3) is 7.86. The van der Waals surface area contributed by atoms with Gasteiger partial charge in [-0.05, 0) is 38.5 Å². The highest BCUT2D eigenvalue weighted by Gasteiger charge is 2.20. The Labute approximate surface area is 152 Å². The van der Waals surface area contributed by atoms with Gasteiger partial charge in [0, 0.05) is 45.3 Å². The quantitative estimate of drug-likeness (QED) is 0.404. The molecule has 1 saturated heterocycles. The minimum absolute atomic E-state index is 0.540. The zero-order valence-electron chi connectivity index (χ0n) is 16.1. The van der Waals surface area contributed by atoms with Crippen molar-refractivity contribution in [2.75, 3.05) is 32.7 Å². The molecule has 1 aromatic heterocycles. The molecule has 0 aliphatic carbocycles. The predicted molar refractivity (Wildman–Crippen MR) is 103 cm³/mol. The summed E-state index contributed by atoms with van der Waals surface area (Å²) in [6.07, 6.45) is 8.09. The van der Waals surface area contributed by atoms with Crippen LogP contribution in [0.5, 0.6) is 0 Å². The average molecular weight is 350 g/mol. The van der Waals surface area contributed by atoms with E-state index < -0.39 is 0 Å². The number of rotatable bonds is 9. The topological polar surface area (TPSA) is 70.4 Å². The molecule has 1 aliphatic rings. The summed E-state index contributed by atoms with van der Waals surface area (Å²) >= 11 is 0. The lowest BCUT2D eigenvalue weighted by Crippen LogP contribution is -2.49. The molecule has 1 fully saturated rings. The van der Waals surface area contributed by atoms with Crippen LogP contribution in [0.2, 0.25) is 0 Å². The molecule has 0 unspecified atom stereocenters. The van der Waals surface area contributed by atoms with Crippen molar-refractivity contribution in [1.29, 1.82) is 0 Å². The molecule has 2 heterocycles. The fraction of sp³-hybridized carbons (Fsp3) is 0.833. The Bertz CT molecular complexity index is 476. The number of piperidine rings is 1. The van der Waals surface area contributed by atoms with Crippen LogP contribution in [-0.2, 0) is 6.54 Å². The van der Waals surface area contributed by atoms with Crippen molar-refractivity contribution < 1.29 is 0 Å². The summed E-state index contributed by atoms with van der Waals surface area (Å²) in [5.74, 6) is 1.72. The van der Waals surface area contributed by atoms with Crippen molar-refractivity contribution in [3.8, 4) is 0 Å². The van der Waals surface area contributed by atoms with E-state index in [0.717, 1.165) is 44.4 Å². The van der Waals surface area contributed by atoms with E-state index in [2.05, 4.69) is 46.5 Å². The van der Waals surface area contributed by atoms with Gasteiger partial charge in [0.05, 0.1) is 0 Å². The van der Waals surface area contributed by atoms with Crippen LogP contribution in [0.25, 0.3) is 0 Å². The summed E-state index contributed by atoms with van der Waals surface area (Å²) in [5, 5.41) is 14.6. The van der Waals surface area contributed by atoms with Gasteiger partial charge in [0.15, 0.2) is 5.96 Å². The maximum atomic E-state index is 4.73. The number of hydrogen-bond donors (Lipinski definition) is 2. The van der Waals surface area contributed by atoms with Crippen LogP contribution in [0.15, 0.2) is 17.6 Å². The van der Waals surface area contributed by atoms with E-state index in [1.165, 1.54) is 32.5 Å². The van der Waals surface area contributed by atoms with Crippen LogP contribution < -0.4 is 10.6 Å². The maximum absolute atomic E-state index is 4.73. The number of guanidine groups is 1. The minimum atomic E-state index is 0.540. The van der Waals surface area contributed by atoms with Gasteiger partial charge in [-0.1, -0.05) is 13.8 Å². The van der Waals surface area contributed by atoms with Crippen LogP contribution in [0.1, 0.15) is 46.5 Å². The van der Waals surface area contributed by atoms with Gasteiger partial charge in [-0.3, -0.25) is 4.99 Å². The van der Waals surface area contributed by atoms with Crippen molar-refractivity contribution in [1.82, 2.24) is 30.3 Å². The molecule has 1 aliphatic heterocycles. The Morgan fingerprint density at radius 3 is 2.56 bits per heavy atom. The molecule has 7 nitrogen and oxygen atoms in total. The molecule has 0 atom stereocenters. The molecule has 7 heteroatoms. The van der Waals surface area contributed by atoms with E-state index in [-0.39, 0.29) is 0 Å². The molecular weight excluding hydrogens is 314 g/mol. The van der Waals surface area contributed by atoms with Crippen LogP contribution >= 0.6 is 0 Å². The predicted octanol–water partition coefficient (Wildman–Crippen LogP) is 1.73. The summed E-state index contributed by atoms with van der Waals surface area (Å²) < 4.78 is 2.01. The van der Waals surface area contributed by atoms with Gasteiger partial charge in [-0.2, -0.15) is 0 Å². The highest BCUT2D eigenvalue weighted by molar-refractivity contribution is 5.80. The third-order valence-electron chi connectivity index (χ3n) is 4.46. The minimum Gasteiger partial charge on any atom is -0.357 e. The van der Waals surface area contributed by atoms with E-state index in [9.17, 15) is 0 Å². The van der Waals surface area contributed by atoms with E-state index in [1.807, 2.05) is 4.57 Å². The average Bonchev–Trinajstić information content (AvgIpc) is 3.09. The van der Waals surface area contributed by atoms with Crippen molar-refractivity contribution >= 4 is 5.96 Å². The molecule has 2 rings (SSSR count). The Morgan fingerprint density at radius 2 is 1.92 bits per heavy atom. The second-order valence-electron chi connectivity index (χ2n) is 7.28. The lowest BCUT2D eigenvalue weighted by molar-refractivity contribution is 0.187. The van der Waals surface area contributed by atoms with Crippen molar-refractivity contribution in [2.24, 2.45) is 10.9 Å². The molecule has 1 aromatic rings. The van der Waals surface area contributed by atoms with E-state index in [0.29, 0.717) is 6.04 Å². The van der Waals surface area contributed by atoms with E-state index >= 15 is 0 Å². The highest BCUT2D eigenvalue weighted by atomic mass is 15.2. The van der Waals surface area contributed by atoms with Gasteiger partial charge in [0.1, 0.15) is 12.7 Å². The van der Waals surface area contributed by atoms with Crippen molar-refractivity contribution in [3.05, 3.63) is 12.7 Å². The Balaban J connectivity index is 1.67. The van der Waals surface area contributed by atoms with Gasteiger partial charge in [0.25, 0.3) is 0 Å². The number of aryl methyl sites for hydroxylation is 1. The lowest BCUT2D eigenvalue weighted by Gasteiger charge is -2.34. The first kappa shape index (κ1) is 19.7. The number of aliphatic imine (C=N–C) groups is 1.